The van der Waals surface area contributed by atoms with Crippen LogP contribution in [0.2, 0.25) is 0 Å². The zero-order chi connectivity index (χ0) is 12.3. The SMILES string of the molecule is CC(C)c1cccc(C(C)C)c1N[C@@H](C)O. The van der Waals surface area contributed by atoms with E-state index in [1.54, 1.807) is 6.92 Å². The zero-order valence-electron chi connectivity index (χ0n) is 10.9. The smallest absolute Gasteiger partial charge is 0.121 e. The molecule has 0 bridgehead atoms. The molecule has 0 unspecified atom stereocenters. The van der Waals surface area contributed by atoms with Gasteiger partial charge in [0, 0.05) is 5.69 Å². The van der Waals surface area contributed by atoms with Gasteiger partial charge in [0.1, 0.15) is 6.23 Å². The van der Waals surface area contributed by atoms with Gasteiger partial charge in [0.15, 0.2) is 0 Å². The summed E-state index contributed by atoms with van der Waals surface area (Å²) in [6.45, 7) is 10.4. The molecule has 2 heteroatoms. The number of anilines is 1. The predicted molar refractivity (Wildman–Crippen MR) is 69.9 cm³/mol. The van der Waals surface area contributed by atoms with Crippen molar-refractivity contribution in [3.05, 3.63) is 29.3 Å². The van der Waals surface area contributed by atoms with Crippen molar-refractivity contribution in [3.63, 3.8) is 0 Å². The Labute approximate surface area is 98.7 Å². The van der Waals surface area contributed by atoms with Crippen molar-refractivity contribution in [1.82, 2.24) is 0 Å². The minimum Gasteiger partial charge on any atom is -0.374 e. The maximum Gasteiger partial charge on any atom is 0.121 e. The number of aliphatic hydroxyl groups excluding tert-OH is 1. The number of rotatable bonds is 4. The monoisotopic (exact) mass is 221 g/mol. The van der Waals surface area contributed by atoms with Gasteiger partial charge in [-0.05, 0) is 29.9 Å². The minimum atomic E-state index is -0.516. The standard InChI is InChI=1S/C14H23NO/c1-9(2)12-7-6-8-13(10(3)4)14(12)15-11(5)16/h6-11,15-16H,1-5H3/t11-/m1/s1. The molecular formula is C14H23NO. The molecule has 1 aromatic carbocycles. The third kappa shape index (κ3) is 2.99. The molecule has 16 heavy (non-hydrogen) atoms. The van der Waals surface area contributed by atoms with Gasteiger partial charge in [-0.15, -0.1) is 0 Å². The first-order valence-electron chi connectivity index (χ1n) is 6.00. The summed E-state index contributed by atoms with van der Waals surface area (Å²) in [7, 11) is 0. The Balaban J connectivity index is 3.23. The van der Waals surface area contributed by atoms with Crippen LogP contribution in [0, 0.1) is 0 Å². The van der Waals surface area contributed by atoms with Gasteiger partial charge in [0.2, 0.25) is 0 Å². The fourth-order valence-electron chi connectivity index (χ4n) is 1.93. The molecule has 1 atom stereocenters. The van der Waals surface area contributed by atoms with Gasteiger partial charge < -0.3 is 10.4 Å². The quantitative estimate of drug-likeness (QED) is 0.760. The maximum atomic E-state index is 9.51. The first-order valence-corrected chi connectivity index (χ1v) is 6.00. The van der Waals surface area contributed by atoms with Gasteiger partial charge in [-0.25, -0.2) is 0 Å². The van der Waals surface area contributed by atoms with Gasteiger partial charge in [-0.2, -0.15) is 0 Å². The van der Waals surface area contributed by atoms with E-state index in [1.165, 1.54) is 11.1 Å². The Hall–Kier alpha value is -1.02. The Morgan fingerprint density at radius 2 is 1.38 bits per heavy atom. The maximum absolute atomic E-state index is 9.51. The van der Waals surface area contributed by atoms with Gasteiger partial charge >= 0.3 is 0 Å². The number of hydrogen-bond acceptors (Lipinski definition) is 2. The van der Waals surface area contributed by atoms with Crippen LogP contribution in [-0.2, 0) is 0 Å². The zero-order valence-corrected chi connectivity index (χ0v) is 10.9. The minimum absolute atomic E-state index is 0.458. The molecule has 0 saturated carbocycles. The molecule has 0 amide bonds. The number of nitrogens with one attached hydrogen (secondary N) is 1. The molecule has 0 spiro atoms. The van der Waals surface area contributed by atoms with E-state index in [9.17, 15) is 5.11 Å². The molecular weight excluding hydrogens is 198 g/mol. The molecule has 90 valence electrons. The van der Waals surface area contributed by atoms with E-state index in [2.05, 4.69) is 51.2 Å². The van der Waals surface area contributed by atoms with Crippen molar-refractivity contribution in [1.29, 1.82) is 0 Å². The average Bonchev–Trinajstić information content (AvgIpc) is 2.16. The molecule has 0 radical (unpaired) electrons. The summed E-state index contributed by atoms with van der Waals surface area (Å²) in [6.07, 6.45) is -0.516. The Kier molecular flexibility index (Phi) is 4.36. The van der Waals surface area contributed by atoms with Gasteiger partial charge in [0.05, 0.1) is 0 Å². The summed E-state index contributed by atoms with van der Waals surface area (Å²) in [5, 5.41) is 12.7. The van der Waals surface area contributed by atoms with Crippen LogP contribution < -0.4 is 5.32 Å². The number of benzene rings is 1. The molecule has 0 aliphatic heterocycles. The second-order valence-corrected chi connectivity index (χ2v) is 4.94. The lowest BCUT2D eigenvalue weighted by atomic mass is 9.92. The van der Waals surface area contributed by atoms with Crippen molar-refractivity contribution in [3.8, 4) is 0 Å². The summed E-state index contributed by atoms with van der Waals surface area (Å²) in [6, 6.07) is 6.35. The number of para-hydroxylation sites is 1. The Morgan fingerprint density at radius 3 is 1.69 bits per heavy atom. The van der Waals surface area contributed by atoms with Gasteiger partial charge in [0.25, 0.3) is 0 Å². The highest BCUT2D eigenvalue weighted by molar-refractivity contribution is 5.60. The van der Waals surface area contributed by atoms with Crippen LogP contribution in [0.25, 0.3) is 0 Å². The third-order valence-corrected chi connectivity index (χ3v) is 2.73. The molecule has 0 aromatic heterocycles. The Bertz CT molecular complexity index is 316. The molecule has 0 aliphatic rings. The summed E-state index contributed by atoms with van der Waals surface area (Å²) in [5.74, 6) is 0.917. The van der Waals surface area contributed by atoms with Crippen molar-refractivity contribution in [2.45, 2.75) is 52.7 Å². The van der Waals surface area contributed by atoms with E-state index in [-0.39, 0.29) is 0 Å². The lowest BCUT2D eigenvalue weighted by Gasteiger charge is -2.22. The third-order valence-electron chi connectivity index (χ3n) is 2.73. The highest BCUT2D eigenvalue weighted by Gasteiger charge is 2.14. The fraction of sp³-hybridized carbons (Fsp3) is 0.571. The summed E-state index contributed by atoms with van der Waals surface area (Å²) in [4.78, 5) is 0. The van der Waals surface area contributed by atoms with Crippen LogP contribution in [0.1, 0.15) is 57.6 Å². The van der Waals surface area contributed by atoms with Crippen molar-refractivity contribution >= 4 is 5.69 Å². The van der Waals surface area contributed by atoms with E-state index in [0.717, 1.165) is 5.69 Å². The van der Waals surface area contributed by atoms with Crippen LogP contribution in [0.15, 0.2) is 18.2 Å². The molecule has 2 N–H and O–H groups in total. The molecule has 1 aromatic rings. The highest BCUT2D eigenvalue weighted by Crippen LogP contribution is 2.32. The Morgan fingerprint density at radius 1 is 0.938 bits per heavy atom. The highest BCUT2D eigenvalue weighted by atomic mass is 16.3. The largest absolute Gasteiger partial charge is 0.374 e. The fourth-order valence-corrected chi connectivity index (χ4v) is 1.93. The normalized spacial score (nSPS) is 13.2. The van der Waals surface area contributed by atoms with Crippen LogP contribution in [0.4, 0.5) is 5.69 Å². The van der Waals surface area contributed by atoms with Crippen LogP contribution >= 0.6 is 0 Å². The molecule has 0 fully saturated rings. The molecule has 0 heterocycles. The molecule has 1 rings (SSSR count). The number of hydrogen-bond donors (Lipinski definition) is 2. The molecule has 2 nitrogen and oxygen atoms in total. The lowest BCUT2D eigenvalue weighted by Crippen LogP contribution is -2.17. The van der Waals surface area contributed by atoms with Crippen LogP contribution in [0.3, 0.4) is 0 Å². The van der Waals surface area contributed by atoms with Crippen molar-refractivity contribution < 1.29 is 5.11 Å². The van der Waals surface area contributed by atoms with Crippen LogP contribution in [-0.4, -0.2) is 11.3 Å². The van der Waals surface area contributed by atoms with Crippen molar-refractivity contribution in [2.75, 3.05) is 5.32 Å². The van der Waals surface area contributed by atoms with Crippen molar-refractivity contribution in [2.24, 2.45) is 0 Å². The molecule has 0 aliphatic carbocycles. The topological polar surface area (TPSA) is 32.3 Å². The van der Waals surface area contributed by atoms with Gasteiger partial charge in [-0.1, -0.05) is 45.9 Å². The van der Waals surface area contributed by atoms with E-state index < -0.39 is 6.23 Å². The summed E-state index contributed by atoms with van der Waals surface area (Å²) < 4.78 is 0. The lowest BCUT2D eigenvalue weighted by molar-refractivity contribution is 0.224. The van der Waals surface area contributed by atoms with E-state index in [1.807, 2.05) is 0 Å². The first-order chi connectivity index (χ1) is 7.43. The van der Waals surface area contributed by atoms with Crippen LogP contribution in [0.5, 0.6) is 0 Å². The van der Waals surface area contributed by atoms with E-state index in [0.29, 0.717) is 11.8 Å². The second kappa shape index (κ2) is 5.35. The van der Waals surface area contributed by atoms with Gasteiger partial charge in [-0.3, -0.25) is 0 Å². The average molecular weight is 221 g/mol. The summed E-state index contributed by atoms with van der Waals surface area (Å²) in [5.41, 5.74) is 3.64. The van der Waals surface area contributed by atoms with E-state index >= 15 is 0 Å². The van der Waals surface area contributed by atoms with E-state index in [4.69, 9.17) is 0 Å². The predicted octanol–water partition coefficient (Wildman–Crippen LogP) is 3.68. The summed E-state index contributed by atoms with van der Waals surface area (Å²) >= 11 is 0. The number of aliphatic hydroxyl groups is 1. The first kappa shape index (κ1) is 13.0. The second-order valence-electron chi connectivity index (χ2n) is 4.94. The molecule has 0 saturated heterocycles.